The van der Waals surface area contributed by atoms with E-state index in [4.69, 9.17) is 15.6 Å². The van der Waals surface area contributed by atoms with Crippen LogP contribution in [0.15, 0.2) is 48.5 Å². The Hall–Kier alpha value is -2.49. The Bertz CT molecular complexity index is 535. The number of anilines is 1. The predicted octanol–water partition coefficient (Wildman–Crippen LogP) is 2.76. The number of hydrogen-bond acceptors (Lipinski definition) is 3. The Morgan fingerprint density at radius 2 is 1.76 bits per heavy atom. The fraction of sp³-hybridized carbons (Fsp3) is 0. The van der Waals surface area contributed by atoms with Crippen LogP contribution in [0.2, 0.25) is 0 Å². The summed E-state index contributed by atoms with van der Waals surface area (Å²) in [4.78, 5) is 10.8. The first kappa shape index (κ1) is 11.0. The number of nitrogen functional groups attached to an aromatic ring is 1. The van der Waals surface area contributed by atoms with Crippen molar-refractivity contribution in [2.75, 3.05) is 5.73 Å². The Labute approximate surface area is 98.3 Å². The molecule has 86 valence electrons. The van der Waals surface area contributed by atoms with Crippen LogP contribution in [0.1, 0.15) is 10.4 Å². The molecule has 0 aromatic heterocycles. The summed E-state index contributed by atoms with van der Waals surface area (Å²) in [5.74, 6) is 0.115. The SMILES string of the molecule is Nc1ccc(Oc2cccc(C(=O)O)c2)cc1. The van der Waals surface area contributed by atoms with Gasteiger partial charge in [0.2, 0.25) is 0 Å². The van der Waals surface area contributed by atoms with E-state index in [0.29, 0.717) is 17.2 Å². The molecule has 2 aromatic rings. The maximum absolute atomic E-state index is 10.8. The molecule has 0 saturated carbocycles. The van der Waals surface area contributed by atoms with Crippen LogP contribution in [-0.2, 0) is 0 Å². The third kappa shape index (κ3) is 2.75. The summed E-state index contributed by atoms with van der Waals surface area (Å²) in [5, 5.41) is 8.84. The van der Waals surface area contributed by atoms with Gasteiger partial charge in [0, 0.05) is 5.69 Å². The Morgan fingerprint density at radius 3 is 2.41 bits per heavy atom. The highest BCUT2D eigenvalue weighted by Gasteiger charge is 2.04. The number of carbonyl (C=O) groups is 1. The molecule has 0 aliphatic carbocycles. The van der Waals surface area contributed by atoms with Gasteiger partial charge in [0.1, 0.15) is 11.5 Å². The average molecular weight is 229 g/mol. The van der Waals surface area contributed by atoms with Crippen molar-refractivity contribution in [3.05, 3.63) is 54.1 Å². The van der Waals surface area contributed by atoms with Crippen LogP contribution in [0.25, 0.3) is 0 Å². The molecule has 0 spiro atoms. The molecule has 0 atom stereocenters. The van der Waals surface area contributed by atoms with Crippen LogP contribution in [-0.4, -0.2) is 11.1 Å². The summed E-state index contributed by atoms with van der Waals surface area (Å²) in [6, 6.07) is 13.2. The number of aromatic carboxylic acids is 1. The molecule has 4 nitrogen and oxygen atoms in total. The highest BCUT2D eigenvalue weighted by Crippen LogP contribution is 2.22. The maximum atomic E-state index is 10.8. The number of rotatable bonds is 3. The Morgan fingerprint density at radius 1 is 1.06 bits per heavy atom. The zero-order chi connectivity index (χ0) is 12.3. The van der Waals surface area contributed by atoms with Crippen LogP contribution in [0, 0.1) is 0 Å². The number of nitrogens with two attached hydrogens (primary N) is 1. The minimum absolute atomic E-state index is 0.193. The Kier molecular flexibility index (Phi) is 2.96. The molecule has 0 amide bonds. The summed E-state index contributed by atoms with van der Waals surface area (Å²) in [6.07, 6.45) is 0. The zero-order valence-electron chi connectivity index (χ0n) is 8.96. The van der Waals surface area contributed by atoms with E-state index < -0.39 is 5.97 Å². The van der Waals surface area contributed by atoms with E-state index >= 15 is 0 Å². The summed E-state index contributed by atoms with van der Waals surface area (Å²) in [5.41, 5.74) is 6.39. The maximum Gasteiger partial charge on any atom is 0.335 e. The second-order valence-electron chi connectivity index (χ2n) is 3.50. The van der Waals surface area contributed by atoms with Gasteiger partial charge in [-0.2, -0.15) is 0 Å². The second-order valence-corrected chi connectivity index (χ2v) is 3.50. The molecule has 0 saturated heterocycles. The van der Waals surface area contributed by atoms with E-state index in [1.54, 1.807) is 36.4 Å². The average Bonchev–Trinajstić information content (AvgIpc) is 2.32. The highest BCUT2D eigenvalue weighted by atomic mass is 16.5. The molecule has 0 unspecified atom stereocenters. The molecule has 2 rings (SSSR count). The highest BCUT2D eigenvalue weighted by molar-refractivity contribution is 5.88. The molecule has 0 bridgehead atoms. The molecule has 2 aromatic carbocycles. The van der Waals surface area contributed by atoms with Gasteiger partial charge in [-0.3, -0.25) is 0 Å². The molecule has 3 N–H and O–H groups in total. The van der Waals surface area contributed by atoms with Crippen LogP contribution >= 0.6 is 0 Å². The molecule has 4 heteroatoms. The van der Waals surface area contributed by atoms with E-state index in [1.807, 2.05) is 0 Å². The van der Waals surface area contributed by atoms with Gasteiger partial charge in [-0.1, -0.05) is 6.07 Å². The lowest BCUT2D eigenvalue weighted by Crippen LogP contribution is -1.96. The Balaban J connectivity index is 2.21. The first-order chi connectivity index (χ1) is 8.15. The number of benzene rings is 2. The van der Waals surface area contributed by atoms with Crippen molar-refractivity contribution in [2.24, 2.45) is 0 Å². The van der Waals surface area contributed by atoms with Gasteiger partial charge in [-0.25, -0.2) is 4.79 Å². The minimum atomic E-state index is -0.979. The first-order valence-corrected chi connectivity index (χ1v) is 5.02. The number of ether oxygens (including phenoxy) is 1. The third-order valence-electron chi connectivity index (χ3n) is 2.20. The van der Waals surface area contributed by atoms with E-state index in [9.17, 15) is 4.79 Å². The van der Waals surface area contributed by atoms with E-state index in [0.717, 1.165) is 0 Å². The van der Waals surface area contributed by atoms with Crippen molar-refractivity contribution in [1.82, 2.24) is 0 Å². The third-order valence-corrected chi connectivity index (χ3v) is 2.20. The lowest BCUT2D eigenvalue weighted by atomic mass is 10.2. The van der Waals surface area contributed by atoms with Gasteiger partial charge in [0.25, 0.3) is 0 Å². The van der Waals surface area contributed by atoms with Crippen LogP contribution < -0.4 is 10.5 Å². The lowest BCUT2D eigenvalue weighted by Gasteiger charge is -2.06. The normalized spacial score (nSPS) is 9.88. The van der Waals surface area contributed by atoms with E-state index in [-0.39, 0.29) is 5.56 Å². The van der Waals surface area contributed by atoms with Crippen molar-refractivity contribution < 1.29 is 14.6 Å². The van der Waals surface area contributed by atoms with Crippen LogP contribution in [0.5, 0.6) is 11.5 Å². The topological polar surface area (TPSA) is 72.5 Å². The summed E-state index contributed by atoms with van der Waals surface area (Å²) in [6.45, 7) is 0. The number of carboxylic acid groups (broad SMARTS) is 1. The standard InChI is InChI=1S/C13H11NO3/c14-10-4-6-11(7-5-10)17-12-3-1-2-9(8-12)13(15)16/h1-8H,14H2,(H,15,16). The van der Waals surface area contributed by atoms with Crippen LogP contribution in [0.4, 0.5) is 5.69 Å². The van der Waals surface area contributed by atoms with Gasteiger partial charge in [-0.05, 0) is 42.5 Å². The molecule has 17 heavy (non-hydrogen) atoms. The van der Waals surface area contributed by atoms with Crippen molar-refractivity contribution in [1.29, 1.82) is 0 Å². The smallest absolute Gasteiger partial charge is 0.335 e. The molecule has 0 aliphatic rings. The zero-order valence-corrected chi connectivity index (χ0v) is 8.96. The van der Waals surface area contributed by atoms with Crippen molar-refractivity contribution >= 4 is 11.7 Å². The van der Waals surface area contributed by atoms with Crippen LogP contribution in [0.3, 0.4) is 0 Å². The quantitative estimate of drug-likeness (QED) is 0.794. The largest absolute Gasteiger partial charge is 0.478 e. The summed E-state index contributed by atoms with van der Waals surface area (Å²) < 4.78 is 5.51. The van der Waals surface area contributed by atoms with Crippen molar-refractivity contribution in [3.63, 3.8) is 0 Å². The first-order valence-electron chi connectivity index (χ1n) is 5.02. The van der Waals surface area contributed by atoms with Crippen molar-refractivity contribution in [2.45, 2.75) is 0 Å². The summed E-state index contributed by atoms with van der Waals surface area (Å²) >= 11 is 0. The molecular formula is C13H11NO3. The monoisotopic (exact) mass is 229 g/mol. The molecule has 0 heterocycles. The van der Waals surface area contributed by atoms with Gasteiger partial charge >= 0.3 is 5.97 Å². The minimum Gasteiger partial charge on any atom is -0.478 e. The molecule has 0 aliphatic heterocycles. The van der Waals surface area contributed by atoms with Gasteiger partial charge in [0.15, 0.2) is 0 Å². The molecule has 0 radical (unpaired) electrons. The van der Waals surface area contributed by atoms with Gasteiger partial charge < -0.3 is 15.6 Å². The van der Waals surface area contributed by atoms with E-state index in [1.165, 1.54) is 12.1 Å². The fourth-order valence-corrected chi connectivity index (χ4v) is 1.36. The lowest BCUT2D eigenvalue weighted by molar-refractivity contribution is 0.0696. The predicted molar refractivity (Wildman–Crippen MR) is 64.3 cm³/mol. The van der Waals surface area contributed by atoms with Crippen molar-refractivity contribution in [3.8, 4) is 11.5 Å². The van der Waals surface area contributed by atoms with E-state index in [2.05, 4.69) is 0 Å². The second kappa shape index (κ2) is 4.57. The number of carboxylic acids is 1. The molecule has 0 fully saturated rings. The van der Waals surface area contributed by atoms with Gasteiger partial charge in [-0.15, -0.1) is 0 Å². The summed E-state index contributed by atoms with van der Waals surface area (Å²) in [7, 11) is 0. The fourth-order valence-electron chi connectivity index (χ4n) is 1.36. The van der Waals surface area contributed by atoms with Gasteiger partial charge in [0.05, 0.1) is 5.56 Å². The molecular weight excluding hydrogens is 218 g/mol. The number of hydrogen-bond donors (Lipinski definition) is 2.